The largest absolute Gasteiger partial charge is 0.553 e. The fourth-order valence-electron chi connectivity index (χ4n) is 1.53. The number of likely N-dealkylation sites (N-methyl/N-ethyl adjacent to an activating group) is 1. The molecule has 0 spiro atoms. The molecule has 20 heavy (non-hydrogen) atoms. The van der Waals surface area contributed by atoms with Gasteiger partial charge in [0.15, 0.2) is 6.54 Å². The minimum absolute atomic E-state index is 0.110. The van der Waals surface area contributed by atoms with Gasteiger partial charge in [-0.3, -0.25) is 0 Å². The highest BCUT2D eigenvalue weighted by molar-refractivity contribution is 5.85. The van der Waals surface area contributed by atoms with E-state index in [9.17, 15) is 14.8 Å². The Labute approximate surface area is 118 Å². The van der Waals surface area contributed by atoms with Gasteiger partial charge in [0.1, 0.15) is 6.54 Å². The van der Waals surface area contributed by atoms with Gasteiger partial charge in [0, 0.05) is 0 Å². The van der Waals surface area contributed by atoms with Gasteiger partial charge in [0.05, 0.1) is 34.1 Å². The maximum atomic E-state index is 10.6. The van der Waals surface area contributed by atoms with Crippen molar-refractivity contribution in [3.05, 3.63) is 12.7 Å². The quantitative estimate of drug-likeness (QED) is 0.400. The van der Waals surface area contributed by atoms with Crippen LogP contribution in [0.1, 0.15) is 6.42 Å². The number of rotatable bonds is 4. The zero-order chi connectivity index (χ0) is 16.0. The second-order valence-electron chi connectivity index (χ2n) is 5.41. The molecular formula is C12H23N3O5+2. The first-order chi connectivity index (χ1) is 9.03. The molecule has 8 heteroatoms. The fraction of sp³-hybridized carbons (Fsp3) is 0.583. The first-order valence-corrected chi connectivity index (χ1v) is 6.04. The average molecular weight is 289 g/mol. The number of amides is 1. The summed E-state index contributed by atoms with van der Waals surface area (Å²) in [5, 5.41) is 26.4. The second-order valence-corrected chi connectivity index (χ2v) is 5.41. The lowest BCUT2D eigenvalue weighted by Crippen LogP contribution is -2.51. The molecule has 1 unspecified atom stereocenters. The zero-order valence-electron chi connectivity index (χ0n) is 12.1. The SMILES string of the molecule is C=CCC1=NCC[N+]1(O)C(=O)O.C[N+](C)(C)CC(=O)O. The number of quaternary nitrogens is 2. The lowest BCUT2D eigenvalue weighted by molar-refractivity contribution is -0.964. The third-order valence-electron chi connectivity index (χ3n) is 2.40. The Morgan fingerprint density at radius 2 is 1.95 bits per heavy atom. The van der Waals surface area contributed by atoms with Crippen LogP contribution in [0, 0.1) is 0 Å². The van der Waals surface area contributed by atoms with Crippen molar-refractivity contribution in [1.82, 2.24) is 0 Å². The molecule has 1 heterocycles. The molecule has 8 nitrogen and oxygen atoms in total. The van der Waals surface area contributed by atoms with E-state index in [-0.39, 0.29) is 18.9 Å². The van der Waals surface area contributed by atoms with Crippen LogP contribution in [0.3, 0.4) is 0 Å². The minimum Gasteiger partial charge on any atom is -0.477 e. The van der Waals surface area contributed by atoms with E-state index in [1.165, 1.54) is 6.08 Å². The molecule has 1 aliphatic rings. The van der Waals surface area contributed by atoms with E-state index in [1.54, 1.807) is 0 Å². The van der Waals surface area contributed by atoms with Gasteiger partial charge in [-0.1, -0.05) is 6.08 Å². The Hall–Kier alpha value is -1.77. The summed E-state index contributed by atoms with van der Waals surface area (Å²) in [5.74, 6) is -0.505. The second kappa shape index (κ2) is 7.13. The van der Waals surface area contributed by atoms with Crippen LogP contribution in [-0.4, -0.2) is 83.2 Å². The molecule has 0 saturated heterocycles. The minimum atomic E-state index is -1.28. The van der Waals surface area contributed by atoms with Gasteiger partial charge in [-0.05, 0) is 4.65 Å². The molecule has 0 aromatic heterocycles. The Morgan fingerprint density at radius 3 is 2.25 bits per heavy atom. The molecule has 0 bridgehead atoms. The summed E-state index contributed by atoms with van der Waals surface area (Å²) < 4.78 is -0.596. The third-order valence-corrected chi connectivity index (χ3v) is 2.40. The third kappa shape index (κ3) is 5.91. The van der Waals surface area contributed by atoms with Gasteiger partial charge in [-0.2, -0.15) is 10.0 Å². The van der Waals surface area contributed by atoms with Crippen LogP contribution in [0.25, 0.3) is 0 Å². The molecule has 1 aliphatic heterocycles. The molecule has 0 aliphatic carbocycles. The Morgan fingerprint density at radius 1 is 1.40 bits per heavy atom. The molecule has 0 saturated carbocycles. The molecule has 3 N–H and O–H groups in total. The maximum Gasteiger partial charge on any atom is 0.553 e. The van der Waals surface area contributed by atoms with Crippen molar-refractivity contribution >= 4 is 17.9 Å². The highest BCUT2D eigenvalue weighted by Gasteiger charge is 2.45. The summed E-state index contributed by atoms with van der Waals surface area (Å²) in [6.45, 7) is 4.10. The lowest BCUT2D eigenvalue weighted by Gasteiger charge is -2.20. The van der Waals surface area contributed by atoms with Gasteiger partial charge in [0.25, 0.3) is 0 Å². The topological polar surface area (TPSA) is 107 Å². The summed E-state index contributed by atoms with van der Waals surface area (Å²) in [5.41, 5.74) is 0. The van der Waals surface area contributed by atoms with Crippen molar-refractivity contribution in [2.45, 2.75) is 6.42 Å². The number of hydrogen-bond donors (Lipinski definition) is 3. The summed E-state index contributed by atoms with van der Waals surface area (Å²) in [6, 6.07) is 0. The number of carbonyl (C=O) groups is 2. The van der Waals surface area contributed by atoms with Crippen LogP contribution in [0.15, 0.2) is 17.6 Å². The van der Waals surface area contributed by atoms with Crippen molar-refractivity contribution in [2.75, 3.05) is 40.8 Å². The molecule has 0 aromatic rings. The number of carboxylic acid groups (broad SMARTS) is 2. The van der Waals surface area contributed by atoms with E-state index in [0.29, 0.717) is 17.4 Å². The van der Waals surface area contributed by atoms with Gasteiger partial charge >= 0.3 is 12.1 Å². The van der Waals surface area contributed by atoms with E-state index in [2.05, 4.69) is 11.6 Å². The molecule has 114 valence electrons. The summed E-state index contributed by atoms with van der Waals surface area (Å²) in [4.78, 5) is 24.5. The maximum absolute atomic E-state index is 10.6. The van der Waals surface area contributed by atoms with Gasteiger partial charge in [-0.15, -0.1) is 6.58 Å². The summed E-state index contributed by atoms with van der Waals surface area (Å²) in [6.07, 6.45) is 0.548. The van der Waals surface area contributed by atoms with E-state index in [4.69, 9.17) is 10.2 Å². The molecule has 1 rings (SSSR count). The summed E-state index contributed by atoms with van der Waals surface area (Å²) in [7, 11) is 5.52. The molecular weight excluding hydrogens is 266 g/mol. The van der Waals surface area contributed by atoms with Crippen molar-refractivity contribution in [3.63, 3.8) is 0 Å². The number of nitrogens with zero attached hydrogens (tertiary/aromatic N) is 3. The van der Waals surface area contributed by atoms with Gasteiger partial charge in [-0.25, -0.2) is 9.79 Å². The van der Waals surface area contributed by atoms with E-state index >= 15 is 0 Å². The molecule has 1 amide bonds. The smallest absolute Gasteiger partial charge is 0.477 e. The first-order valence-electron chi connectivity index (χ1n) is 6.04. The van der Waals surface area contributed by atoms with E-state index in [1.807, 2.05) is 21.1 Å². The average Bonchev–Trinajstić information content (AvgIpc) is 2.59. The van der Waals surface area contributed by atoms with E-state index in [0.717, 1.165) is 0 Å². The lowest BCUT2D eigenvalue weighted by atomic mass is 10.3. The highest BCUT2D eigenvalue weighted by Crippen LogP contribution is 2.14. The first kappa shape index (κ1) is 18.2. The van der Waals surface area contributed by atoms with Crippen LogP contribution in [0.5, 0.6) is 0 Å². The number of aliphatic imine (C=N–C) groups is 1. The van der Waals surface area contributed by atoms with Crippen LogP contribution in [0.4, 0.5) is 4.79 Å². The molecule has 0 aromatic carbocycles. The summed E-state index contributed by atoms with van der Waals surface area (Å²) >= 11 is 0. The van der Waals surface area contributed by atoms with Crippen LogP contribution in [0.2, 0.25) is 0 Å². The van der Waals surface area contributed by atoms with Gasteiger partial charge in [0.2, 0.25) is 5.84 Å². The normalized spacial score (nSPS) is 21.5. The van der Waals surface area contributed by atoms with Crippen LogP contribution < -0.4 is 0 Å². The molecule has 0 radical (unpaired) electrons. The fourth-order valence-corrected chi connectivity index (χ4v) is 1.53. The van der Waals surface area contributed by atoms with Gasteiger partial charge < -0.3 is 14.7 Å². The Bertz CT molecular complexity index is 414. The van der Waals surface area contributed by atoms with Crippen molar-refractivity contribution in [1.29, 1.82) is 0 Å². The molecule has 0 fully saturated rings. The predicted octanol–water partition coefficient (Wildman–Crippen LogP) is 0.636. The number of aliphatic carboxylic acids is 1. The zero-order valence-corrected chi connectivity index (χ0v) is 12.1. The Kier molecular flexibility index (Phi) is 6.50. The van der Waals surface area contributed by atoms with Crippen molar-refractivity contribution in [3.8, 4) is 0 Å². The van der Waals surface area contributed by atoms with Crippen LogP contribution in [-0.2, 0) is 4.79 Å². The van der Waals surface area contributed by atoms with Crippen LogP contribution >= 0.6 is 0 Å². The molecule has 1 atom stereocenters. The number of amidine groups is 1. The van der Waals surface area contributed by atoms with E-state index < -0.39 is 16.7 Å². The van der Waals surface area contributed by atoms with Crippen molar-refractivity contribution < 1.29 is 34.1 Å². The Balaban J connectivity index is 0.000000396. The predicted molar refractivity (Wildman–Crippen MR) is 72.6 cm³/mol. The number of hydrogen-bond acceptors (Lipinski definition) is 4. The standard InChI is InChI=1S/C7H10N2O3.C5H11NO2/c1-2-3-6-8-4-5-9(6,12)7(10)11;1-6(2,3)4-5(7)8/h2,12H,1,3-5H2;4H2,1-3H3/p+2. The monoisotopic (exact) mass is 289 g/mol. The highest BCUT2D eigenvalue weighted by atomic mass is 16.6. The number of hydroxylamine groups is 3. The number of carboxylic acids is 1. The van der Waals surface area contributed by atoms with Crippen molar-refractivity contribution in [2.24, 2.45) is 4.99 Å².